The number of ether oxygens (including phenoxy) is 10. The van der Waals surface area contributed by atoms with Crippen molar-refractivity contribution in [3.05, 3.63) is 173 Å². The first kappa shape index (κ1) is 75.1. The van der Waals surface area contributed by atoms with Gasteiger partial charge in [0.05, 0.1) is 52.9 Å². The summed E-state index contributed by atoms with van der Waals surface area (Å²) in [6.07, 6.45) is 1.06. The van der Waals surface area contributed by atoms with E-state index in [2.05, 4.69) is 208 Å². The molecule has 6 aromatic carbocycles. The predicted octanol–water partition coefficient (Wildman–Crippen LogP) is 17.2. The van der Waals surface area contributed by atoms with Crippen molar-refractivity contribution in [1.82, 2.24) is 10.6 Å². The van der Waals surface area contributed by atoms with Crippen LogP contribution in [0.5, 0.6) is 34.5 Å². The van der Waals surface area contributed by atoms with Crippen molar-refractivity contribution in [2.24, 2.45) is 0 Å². The van der Waals surface area contributed by atoms with E-state index in [9.17, 15) is 9.59 Å². The molecule has 98 heavy (non-hydrogen) atoms. The third-order valence-electron chi connectivity index (χ3n) is 18.6. The Morgan fingerprint density at radius 2 is 0.449 bits per heavy atom. The number of carbonyl (C=O) groups is 2. The zero-order valence-corrected chi connectivity index (χ0v) is 63.0. The van der Waals surface area contributed by atoms with Gasteiger partial charge in [0.25, 0.3) is 0 Å². The van der Waals surface area contributed by atoms with Crippen LogP contribution in [0, 0.1) is 0 Å². The molecular weight excluding hydrogens is 1230 g/mol. The van der Waals surface area contributed by atoms with E-state index >= 15 is 0 Å². The van der Waals surface area contributed by atoms with Gasteiger partial charge in [0, 0.05) is 73.9 Å². The Balaban J connectivity index is 1.53. The van der Waals surface area contributed by atoms with Crippen LogP contribution in [0.15, 0.2) is 72.8 Å². The Morgan fingerprint density at radius 3 is 0.622 bits per heavy atom. The highest BCUT2D eigenvalue weighted by Gasteiger charge is 2.33. The monoisotopic (exact) mass is 1340 g/mol. The molecule has 0 unspecified atom stereocenters. The molecule has 4 heterocycles. The van der Waals surface area contributed by atoms with Crippen LogP contribution in [-0.2, 0) is 90.0 Å². The minimum Gasteiger partial charge on any atom is -0.491 e. The highest BCUT2D eigenvalue weighted by molar-refractivity contribution is 5.73. The van der Waals surface area contributed by atoms with E-state index in [1.54, 1.807) is 0 Å². The van der Waals surface area contributed by atoms with Gasteiger partial charge in [-0.2, -0.15) is 0 Å². The Bertz CT molecular complexity index is 3350. The molecule has 4 aliphatic rings. The molecular formula is C84H114N2O12. The molecule has 16 bridgehead atoms. The van der Waals surface area contributed by atoms with Crippen molar-refractivity contribution >= 4 is 12.2 Å². The summed E-state index contributed by atoms with van der Waals surface area (Å²) >= 11 is 0. The third-order valence-corrected chi connectivity index (χ3v) is 18.6. The first-order valence-electron chi connectivity index (χ1n) is 35.8. The number of nitrogens with one attached hydrogen (secondary N) is 2. The number of carbonyl (C=O) groups excluding carboxylic acids is 2. The molecule has 0 aromatic heterocycles. The largest absolute Gasteiger partial charge is 0.491 e. The average molecular weight is 1340 g/mol. The Kier molecular flexibility index (Phi) is 23.9. The van der Waals surface area contributed by atoms with Crippen LogP contribution < -0.4 is 39.1 Å². The van der Waals surface area contributed by atoms with Gasteiger partial charge in [-0.3, -0.25) is 0 Å². The number of rotatable bonds is 4. The molecule has 0 fully saturated rings. The molecule has 0 saturated carbocycles. The molecule has 0 aliphatic carbocycles. The zero-order valence-electron chi connectivity index (χ0n) is 63.0. The number of fused-ring (bicyclic) bond motifs is 18. The maximum Gasteiger partial charge on any atom is 0.412 e. The molecule has 0 radical (unpaired) electrons. The van der Waals surface area contributed by atoms with Crippen molar-refractivity contribution in [2.75, 3.05) is 92.4 Å². The van der Waals surface area contributed by atoms with E-state index in [1.165, 1.54) is 0 Å². The van der Waals surface area contributed by atoms with Crippen molar-refractivity contribution in [2.45, 2.75) is 209 Å². The lowest BCUT2D eigenvalue weighted by Crippen LogP contribution is -2.27. The van der Waals surface area contributed by atoms with E-state index < -0.39 is 12.2 Å². The first-order chi connectivity index (χ1) is 46.1. The molecule has 10 rings (SSSR count). The van der Waals surface area contributed by atoms with Crippen molar-refractivity contribution in [3.8, 4) is 34.5 Å². The fourth-order valence-corrected chi connectivity index (χ4v) is 12.9. The van der Waals surface area contributed by atoms with Gasteiger partial charge in [0.2, 0.25) is 0 Å². The third kappa shape index (κ3) is 19.2. The highest BCUT2D eigenvalue weighted by Crippen LogP contribution is 2.47. The fourth-order valence-electron chi connectivity index (χ4n) is 12.9. The summed E-state index contributed by atoms with van der Waals surface area (Å²) in [5.74, 6) is 3.80. The predicted molar refractivity (Wildman–Crippen MR) is 392 cm³/mol. The summed E-state index contributed by atoms with van der Waals surface area (Å²) in [5, 5.41) is 5.97. The Labute approximate surface area is 586 Å². The summed E-state index contributed by atoms with van der Waals surface area (Å²) in [7, 11) is 0. The summed E-state index contributed by atoms with van der Waals surface area (Å²) in [5.41, 5.74) is 15.4. The van der Waals surface area contributed by atoms with E-state index in [4.69, 9.17) is 47.4 Å². The minimum absolute atomic E-state index is 0.234. The van der Waals surface area contributed by atoms with Gasteiger partial charge >= 0.3 is 12.2 Å². The van der Waals surface area contributed by atoms with Crippen LogP contribution in [0.25, 0.3) is 0 Å². The molecule has 532 valence electrons. The Morgan fingerprint density at radius 1 is 0.286 bits per heavy atom. The second-order valence-electron chi connectivity index (χ2n) is 33.0. The van der Waals surface area contributed by atoms with Crippen LogP contribution in [0.1, 0.15) is 239 Å². The standard InChI is InChI=1S/C84H114N2O12/c1-21-85-77(87)97-75-61-37-57-45-65(79(3,4)5)41-53-35-55-43-67(81(9,10)11)47-59-39-63-51-70(84(18,19)20)52-64(76(63)98-78(88)86-22-2)40-60-48-68(82(12,13)14)44-56(74(60)96-34-30-92-25-23-89-27-31-93-71(53)57)36-54-42-66(80(6,7)8)46-58(38-62(75)50-69(49-61)83(15,16)17)72(54)94-32-28-90-24-26-91-29-33-95-73(55)59/h41-52H,21-40H2,1-20H3,(H,85,87)(H,86,88). The molecule has 0 spiro atoms. The second kappa shape index (κ2) is 31.2. The molecule has 14 heteroatoms. The molecule has 4 aliphatic heterocycles. The average Bonchev–Trinajstić information content (AvgIpc) is 1.89. The summed E-state index contributed by atoms with van der Waals surface area (Å²) in [4.78, 5) is 28.8. The fraction of sp³-hybridized carbons (Fsp3) is 0.548. The van der Waals surface area contributed by atoms with Gasteiger partial charge in [0.1, 0.15) is 60.9 Å². The number of amides is 2. The van der Waals surface area contributed by atoms with Crippen LogP contribution in [0.4, 0.5) is 9.59 Å². The smallest absolute Gasteiger partial charge is 0.412 e. The number of hydrogen-bond donors (Lipinski definition) is 2. The SMILES string of the molecule is CCNC(=O)Oc1c2cc(C(C)(C)C)cc1Cc1cc(C(C)(C)C)cc3c1OCCOCCOCCOc1c4cc(C(C)(C)C)cc1Cc1cc(C(C)(C)C)cc(c1OC(=O)NCC)Cc1cc(C(C)(C)C)cc(c1OCCOCCOCCOc1c(cc(C(C)(C)C)cc1C2)C4)C3. The van der Waals surface area contributed by atoms with Gasteiger partial charge in [-0.05, 0) is 124 Å². The van der Waals surface area contributed by atoms with Crippen molar-refractivity contribution < 1.29 is 57.0 Å². The normalized spacial score (nSPS) is 16.0. The van der Waals surface area contributed by atoms with Crippen molar-refractivity contribution in [1.29, 1.82) is 0 Å². The summed E-state index contributed by atoms with van der Waals surface area (Å²) in [6.45, 7) is 48.4. The first-order valence-corrected chi connectivity index (χ1v) is 35.8. The molecule has 2 N–H and O–H groups in total. The summed E-state index contributed by atoms with van der Waals surface area (Å²) < 4.78 is 68.2. The van der Waals surface area contributed by atoms with E-state index in [0.29, 0.717) is 139 Å². The molecule has 0 saturated heterocycles. The maximum atomic E-state index is 14.4. The second-order valence-corrected chi connectivity index (χ2v) is 33.0. The quantitative estimate of drug-likeness (QED) is 0.161. The van der Waals surface area contributed by atoms with Gasteiger partial charge in [-0.25, -0.2) is 9.59 Å². The number of benzene rings is 6. The molecule has 2 amide bonds. The van der Waals surface area contributed by atoms with E-state index in [-0.39, 0.29) is 58.9 Å². The molecule has 14 nitrogen and oxygen atoms in total. The topological polar surface area (TPSA) is 150 Å². The lowest BCUT2D eigenvalue weighted by Gasteiger charge is -2.29. The minimum atomic E-state index is -0.544. The van der Waals surface area contributed by atoms with Crippen LogP contribution in [0.2, 0.25) is 0 Å². The zero-order chi connectivity index (χ0) is 71.1. The van der Waals surface area contributed by atoms with Gasteiger partial charge in [-0.1, -0.05) is 197 Å². The van der Waals surface area contributed by atoms with Gasteiger partial charge in [0.15, 0.2) is 0 Å². The van der Waals surface area contributed by atoms with Gasteiger partial charge in [-0.15, -0.1) is 0 Å². The van der Waals surface area contributed by atoms with Gasteiger partial charge < -0.3 is 58.0 Å². The lowest BCUT2D eigenvalue weighted by molar-refractivity contribution is 0.0268. The molecule has 0 atom stereocenters. The van der Waals surface area contributed by atoms with Crippen LogP contribution in [-0.4, -0.2) is 105 Å². The van der Waals surface area contributed by atoms with Crippen molar-refractivity contribution in [3.63, 3.8) is 0 Å². The lowest BCUT2D eigenvalue weighted by atomic mass is 9.79. The summed E-state index contributed by atoms with van der Waals surface area (Å²) in [6, 6.07) is 27.2. The number of hydrogen-bond acceptors (Lipinski definition) is 12. The maximum absolute atomic E-state index is 14.4. The van der Waals surface area contributed by atoms with Crippen LogP contribution >= 0.6 is 0 Å². The Hall–Kier alpha value is -7.10. The van der Waals surface area contributed by atoms with Crippen LogP contribution in [0.3, 0.4) is 0 Å². The van der Waals surface area contributed by atoms with E-state index in [0.717, 1.165) is 100 Å². The van der Waals surface area contributed by atoms with E-state index in [1.807, 2.05) is 13.8 Å². The molecule has 6 aromatic rings. The highest BCUT2D eigenvalue weighted by atomic mass is 16.6.